The van der Waals surface area contributed by atoms with Gasteiger partial charge in [-0.2, -0.15) is 0 Å². The summed E-state index contributed by atoms with van der Waals surface area (Å²) >= 11 is 0. The van der Waals surface area contributed by atoms with Gasteiger partial charge >= 0.3 is 15.6 Å². The molecule has 0 aromatic rings. The maximum absolute atomic E-state index is 12.9. The van der Waals surface area contributed by atoms with Gasteiger partial charge in [0, 0.05) is 0 Å². The first-order chi connectivity index (χ1) is 14.8. The second kappa shape index (κ2) is 6.87. The van der Waals surface area contributed by atoms with Gasteiger partial charge in [0.05, 0.1) is 23.7 Å². The van der Waals surface area contributed by atoms with Gasteiger partial charge < -0.3 is 19.6 Å². The van der Waals surface area contributed by atoms with Crippen LogP contribution in [0.5, 0.6) is 0 Å². The number of nitrogens with zero attached hydrogens (tertiary/aromatic N) is 2. The molecule has 2 aliphatic heterocycles. The van der Waals surface area contributed by atoms with E-state index in [0.717, 1.165) is 0 Å². The van der Waals surface area contributed by atoms with E-state index >= 15 is 0 Å². The van der Waals surface area contributed by atoms with Gasteiger partial charge in [-0.3, -0.25) is 38.0 Å². The fourth-order valence-electron chi connectivity index (χ4n) is 6.24. The van der Waals surface area contributed by atoms with Crippen molar-refractivity contribution in [2.45, 2.75) is 0 Å². The van der Waals surface area contributed by atoms with Gasteiger partial charge in [0.15, 0.2) is 0 Å². The highest BCUT2D eigenvalue weighted by atomic mass is 31.2. The van der Waals surface area contributed by atoms with E-state index in [0.29, 0.717) is 9.80 Å². The van der Waals surface area contributed by atoms with Crippen LogP contribution >= 0.6 is 15.6 Å². The largest absolute Gasteiger partial charge is 0.471 e. The van der Waals surface area contributed by atoms with Crippen LogP contribution in [0.3, 0.4) is 0 Å². The van der Waals surface area contributed by atoms with Crippen LogP contribution in [0.15, 0.2) is 12.2 Å². The minimum Gasteiger partial charge on any atom is -0.303 e. The van der Waals surface area contributed by atoms with E-state index in [2.05, 4.69) is 9.05 Å². The molecule has 0 aromatic carbocycles. The van der Waals surface area contributed by atoms with E-state index in [1.165, 1.54) is 0 Å². The lowest BCUT2D eigenvalue weighted by Crippen LogP contribution is -2.63. The summed E-state index contributed by atoms with van der Waals surface area (Å²) in [4.78, 5) is 88.3. The number of fused-ring (bicyclic) bond motifs is 1. The van der Waals surface area contributed by atoms with E-state index in [1.54, 1.807) is 12.2 Å². The summed E-state index contributed by atoms with van der Waals surface area (Å²) in [5, 5.41) is 0. The predicted molar refractivity (Wildman–Crippen MR) is 96.8 cm³/mol. The number of allylic oxidation sites excluding steroid dienone is 2. The van der Waals surface area contributed by atoms with Crippen molar-refractivity contribution in [3.8, 4) is 0 Å². The van der Waals surface area contributed by atoms with Crippen LogP contribution in [0.2, 0.25) is 0 Å². The van der Waals surface area contributed by atoms with Gasteiger partial charge in [-0.05, 0) is 23.7 Å². The molecule has 8 atom stereocenters. The van der Waals surface area contributed by atoms with Gasteiger partial charge in [-0.15, -0.1) is 0 Å². The van der Waals surface area contributed by atoms with Crippen molar-refractivity contribution in [2.24, 2.45) is 47.3 Å². The van der Waals surface area contributed by atoms with Crippen molar-refractivity contribution in [2.75, 3.05) is 13.5 Å². The third kappa shape index (κ3) is 3.02. The number of phosphoric ester groups is 2. The van der Waals surface area contributed by atoms with E-state index in [9.17, 15) is 28.3 Å². The molecule has 2 bridgehead atoms. The number of rotatable bonds is 6. The lowest BCUT2D eigenvalue weighted by Gasteiger charge is -2.60. The molecule has 32 heavy (non-hydrogen) atoms. The van der Waals surface area contributed by atoms with Gasteiger partial charge in [-0.1, -0.05) is 12.2 Å². The van der Waals surface area contributed by atoms with Gasteiger partial charge in [0.1, 0.15) is 13.5 Å². The molecule has 16 heteroatoms. The molecule has 4 fully saturated rings. The minimum atomic E-state index is -4.92. The van der Waals surface area contributed by atoms with Crippen molar-refractivity contribution in [1.29, 1.82) is 0 Å². The third-order valence-electron chi connectivity index (χ3n) is 7.24. The standard InChI is InChI=1S/C16H18N2O12P2/c19-13-9-5-1-2-6(10(9)14(20)17(13)3-29-31(23,24)25)8-7(5)11-12(8)16(22)18(15(11)21)4-30-32(26,27)28/h1-2,5-12H,3-4H2,(H2,23,24,25)(H2,26,27,28)/t5-,6-,7-,8-,9-,10-,11-,12-/m1/s1. The Bertz CT molecular complexity index is 1010. The molecule has 0 spiro atoms. The van der Waals surface area contributed by atoms with Crippen molar-refractivity contribution >= 4 is 39.3 Å². The molecule has 6 aliphatic rings. The van der Waals surface area contributed by atoms with Gasteiger partial charge in [0.25, 0.3) is 0 Å². The quantitative estimate of drug-likeness (QED) is 0.187. The zero-order valence-corrected chi connectivity index (χ0v) is 17.8. The van der Waals surface area contributed by atoms with Crippen LogP contribution in [0.4, 0.5) is 0 Å². The van der Waals surface area contributed by atoms with E-state index in [1.807, 2.05) is 0 Å². The van der Waals surface area contributed by atoms with Crippen LogP contribution in [0, 0.1) is 47.3 Å². The Morgan fingerprint density at radius 2 is 0.969 bits per heavy atom. The average Bonchev–Trinajstić information content (AvgIpc) is 3.02. The summed E-state index contributed by atoms with van der Waals surface area (Å²) in [6.45, 7) is -1.79. The lowest BCUT2D eigenvalue weighted by molar-refractivity contribution is -0.166. The summed E-state index contributed by atoms with van der Waals surface area (Å²) in [6.07, 6.45) is 3.46. The molecule has 0 aromatic heterocycles. The van der Waals surface area contributed by atoms with Crippen molar-refractivity contribution in [3.05, 3.63) is 12.2 Å². The second-order valence-corrected chi connectivity index (χ2v) is 11.0. The van der Waals surface area contributed by atoms with Crippen LogP contribution in [0.25, 0.3) is 0 Å². The molecule has 2 saturated carbocycles. The predicted octanol–water partition coefficient (Wildman–Crippen LogP) is -1.62. The van der Waals surface area contributed by atoms with Gasteiger partial charge in [0.2, 0.25) is 23.6 Å². The summed E-state index contributed by atoms with van der Waals surface area (Å²) in [6, 6.07) is 0. The van der Waals surface area contributed by atoms with Crippen LogP contribution < -0.4 is 0 Å². The monoisotopic (exact) mass is 492 g/mol. The van der Waals surface area contributed by atoms with E-state index < -0.39 is 100 Å². The highest BCUT2D eigenvalue weighted by molar-refractivity contribution is 7.46. The first-order valence-electron chi connectivity index (χ1n) is 9.61. The molecule has 0 radical (unpaired) electrons. The highest BCUT2D eigenvalue weighted by Crippen LogP contribution is 2.68. The molecule has 2 saturated heterocycles. The van der Waals surface area contributed by atoms with Crippen LogP contribution in [-0.2, 0) is 37.4 Å². The fraction of sp³-hybridized carbons (Fsp3) is 0.625. The van der Waals surface area contributed by atoms with Crippen molar-refractivity contribution in [3.63, 3.8) is 0 Å². The molecule has 4 amide bonds. The summed E-state index contributed by atoms with van der Waals surface area (Å²) in [5.41, 5.74) is 0. The molecule has 0 unspecified atom stereocenters. The molecule has 174 valence electrons. The molecule has 4 N–H and O–H groups in total. The SMILES string of the molecule is O=C1[C@@H]2[C@@H]3C=C[C@@H]([C@H]2C(=O)N1COP(=O)(O)O)[C@H]1[C@H]2C(=O)N(COP(=O)(O)O)C(=O)[C@@H]2[C@H]31. The number of hydrogen-bond acceptors (Lipinski definition) is 8. The van der Waals surface area contributed by atoms with E-state index in [4.69, 9.17) is 19.6 Å². The van der Waals surface area contributed by atoms with Crippen molar-refractivity contribution in [1.82, 2.24) is 9.80 Å². The Labute approximate surface area is 179 Å². The maximum atomic E-state index is 12.9. The summed E-state index contributed by atoms with van der Waals surface area (Å²) < 4.78 is 30.6. The Morgan fingerprint density at radius 3 is 1.28 bits per heavy atom. The Balaban J connectivity index is 1.40. The molecule has 14 nitrogen and oxygen atoms in total. The molecular weight excluding hydrogens is 474 g/mol. The number of amides is 4. The normalized spacial score (nSPS) is 40.0. The maximum Gasteiger partial charge on any atom is 0.471 e. The van der Waals surface area contributed by atoms with Gasteiger partial charge in [-0.25, -0.2) is 9.13 Å². The topological polar surface area (TPSA) is 208 Å². The zero-order valence-electron chi connectivity index (χ0n) is 16.0. The average molecular weight is 492 g/mol. The van der Waals surface area contributed by atoms with Crippen LogP contribution in [-0.4, -0.2) is 66.5 Å². The van der Waals surface area contributed by atoms with Crippen molar-refractivity contribution < 1.29 is 56.9 Å². The lowest BCUT2D eigenvalue weighted by atomic mass is 9.40. The Kier molecular flexibility index (Phi) is 4.74. The molecule has 6 rings (SSSR count). The summed E-state index contributed by atoms with van der Waals surface area (Å²) in [7, 11) is -9.83. The Hall–Kier alpha value is -1.76. The summed E-state index contributed by atoms with van der Waals surface area (Å²) in [5.74, 6) is -7.84. The first kappa shape index (κ1) is 22.1. The number of hydrogen-bond donors (Lipinski definition) is 4. The third-order valence-corrected chi connectivity index (χ3v) is 8.14. The molecular formula is C16H18N2O12P2. The molecule has 2 heterocycles. The number of phosphoric acid groups is 2. The number of carbonyl (C=O) groups is 4. The Morgan fingerprint density at radius 1 is 0.656 bits per heavy atom. The number of carbonyl (C=O) groups excluding carboxylic acids is 4. The molecule has 4 aliphatic carbocycles. The highest BCUT2D eigenvalue weighted by Gasteiger charge is 2.75. The van der Waals surface area contributed by atoms with Crippen LogP contribution in [0.1, 0.15) is 0 Å². The first-order valence-corrected chi connectivity index (χ1v) is 12.7. The van der Waals surface area contributed by atoms with E-state index in [-0.39, 0.29) is 0 Å². The smallest absolute Gasteiger partial charge is 0.303 e. The fourth-order valence-corrected chi connectivity index (χ4v) is 6.78. The zero-order chi connectivity index (χ0) is 23.3. The number of likely N-dealkylation sites (tertiary alicyclic amines) is 2. The number of imide groups is 2. The minimum absolute atomic E-state index is 0.424. The second-order valence-electron chi connectivity index (χ2n) is 8.50.